The Balaban J connectivity index is 1.33. The quantitative estimate of drug-likeness (QED) is 0.168. The van der Waals surface area contributed by atoms with Crippen LogP contribution in [0.15, 0.2) is 72.8 Å². The SMILES string of the molecule is Cc1cc(OCc2ccccc2)c(OCc2ccccc2)cc1C(=O)OCC(O)C[As]C(C)(C)COC(=O)C1CCOC1. The maximum absolute atomic E-state index is 13.1. The number of esters is 2. The van der Waals surface area contributed by atoms with Crippen LogP contribution in [0.5, 0.6) is 11.5 Å². The van der Waals surface area contributed by atoms with Gasteiger partial charge in [0.2, 0.25) is 0 Å². The summed E-state index contributed by atoms with van der Waals surface area (Å²) in [5, 5.41) is 11.1. The van der Waals surface area contributed by atoms with Gasteiger partial charge in [-0.2, -0.15) is 0 Å². The number of carbonyl (C=O) groups excluding carboxylic acids is 2. The molecule has 8 nitrogen and oxygen atoms in total. The van der Waals surface area contributed by atoms with Gasteiger partial charge in [-0.05, 0) is 0 Å². The summed E-state index contributed by atoms with van der Waals surface area (Å²) in [6.45, 7) is 7.68. The first kappa shape index (κ1) is 32.6. The van der Waals surface area contributed by atoms with Gasteiger partial charge >= 0.3 is 212 Å². The van der Waals surface area contributed by atoms with Crippen LogP contribution in [0.2, 0.25) is 9.41 Å². The van der Waals surface area contributed by atoms with Crippen molar-refractivity contribution in [2.45, 2.75) is 55.9 Å². The summed E-state index contributed by atoms with van der Waals surface area (Å²) in [6.07, 6.45) is -0.120. The van der Waals surface area contributed by atoms with Crippen LogP contribution in [0, 0.1) is 12.8 Å². The first-order chi connectivity index (χ1) is 20.7. The van der Waals surface area contributed by atoms with Gasteiger partial charge in [0.15, 0.2) is 0 Å². The van der Waals surface area contributed by atoms with E-state index >= 15 is 0 Å². The molecule has 0 saturated carbocycles. The molecular formula is C34H40AsO8. The molecule has 3 aromatic carbocycles. The van der Waals surface area contributed by atoms with E-state index in [-0.39, 0.29) is 38.4 Å². The molecule has 1 saturated heterocycles. The molecule has 2 atom stereocenters. The number of carbonyl (C=O) groups is 2. The average Bonchev–Trinajstić information content (AvgIpc) is 3.56. The third kappa shape index (κ3) is 10.4. The monoisotopic (exact) mass is 651 g/mol. The van der Waals surface area contributed by atoms with Crippen molar-refractivity contribution in [3.63, 3.8) is 0 Å². The van der Waals surface area contributed by atoms with Gasteiger partial charge in [0.1, 0.15) is 0 Å². The topological polar surface area (TPSA) is 101 Å². The Morgan fingerprint density at radius 1 is 0.953 bits per heavy atom. The molecule has 1 radical (unpaired) electrons. The Morgan fingerprint density at radius 3 is 2.14 bits per heavy atom. The minimum atomic E-state index is -0.815. The summed E-state index contributed by atoms with van der Waals surface area (Å²) in [6, 6.07) is 23.0. The number of aliphatic hydroxyl groups excluding tert-OH is 1. The van der Waals surface area contributed by atoms with Crippen LogP contribution in [0.25, 0.3) is 0 Å². The Hall–Kier alpha value is -3.32. The molecule has 3 aromatic rings. The molecule has 0 aromatic heterocycles. The van der Waals surface area contributed by atoms with Gasteiger partial charge in [-0.3, -0.25) is 0 Å². The van der Waals surface area contributed by atoms with Crippen molar-refractivity contribution in [3.05, 3.63) is 95.1 Å². The van der Waals surface area contributed by atoms with Crippen LogP contribution in [-0.2, 0) is 32.2 Å². The molecule has 1 heterocycles. The van der Waals surface area contributed by atoms with Crippen LogP contribution < -0.4 is 9.47 Å². The number of hydrogen-bond acceptors (Lipinski definition) is 8. The fourth-order valence-electron chi connectivity index (χ4n) is 4.36. The average molecular weight is 652 g/mol. The first-order valence-corrected chi connectivity index (χ1v) is 16.7. The summed E-state index contributed by atoms with van der Waals surface area (Å²) >= 11 is -0.381. The second-order valence-electron chi connectivity index (χ2n) is 11.2. The van der Waals surface area contributed by atoms with Gasteiger partial charge in [0.25, 0.3) is 0 Å². The van der Waals surface area contributed by atoms with E-state index in [0.717, 1.165) is 11.1 Å². The number of ether oxygens (including phenoxy) is 5. The molecule has 4 rings (SSSR count). The molecule has 0 amide bonds. The number of aliphatic hydroxyl groups is 1. The van der Waals surface area contributed by atoms with Crippen LogP contribution in [0.3, 0.4) is 0 Å². The zero-order chi connectivity index (χ0) is 30.7. The van der Waals surface area contributed by atoms with E-state index in [1.54, 1.807) is 12.1 Å². The third-order valence-corrected chi connectivity index (χ3v) is 10.3. The predicted octanol–water partition coefficient (Wildman–Crippen LogP) is 5.57. The van der Waals surface area contributed by atoms with E-state index in [1.165, 1.54) is 0 Å². The normalized spacial score (nSPS) is 15.8. The Bertz CT molecular complexity index is 1320. The van der Waals surface area contributed by atoms with Crippen molar-refractivity contribution in [3.8, 4) is 11.5 Å². The molecule has 1 fully saturated rings. The van der Waals surface area contributed by atoms with E-state index in [2.05, 4.69) is 0 Å². The van der Waals surface area contributed by atoms with Crippen molar-refractivity contribution in [1.29, 1.82) is 0 Å². The van der Waals surface area contributed by atoms with E-state index in [9.17, 15) is 14.7 Å². The van der Waals surface area contributed by atoms with Crippen molar-refractivity contribution in [1.82, 2.24) is 0 Å². The molecule has 0 bridgehead atoms. The van der Waals surface area contributed by atoms with Crippen molar-refractivity contribution in [2.24, 2.45) is 5.92 Å². The molecular weight excluding hydrogens is 611 g/mol. The predicted molar refractivity (Wildman–Crippen MR) is 164 cm³/mol. The number of aryl methyl sites for hydroxylation is 1. The number of hydrogen-bond donors (Lipinski definition) is 1. The van der Waals surface area contributed by atoms with Gasteiger partial charge in [0.05, 0.1) is 0 Å². The van der Waals surface area contributed by atoms with E-state index in [1.807, 2.05) is 81.4 Å². The van der Waals surface area contributed by atoms with Gasteiger partial charge < -0.3 is 0 Å². The standard InChI is InChI=1S/C34H40AsO8/c1-24-16-30(40-19-25-10-6-4-7-11-25)31(41-20-26-12-8-5-9-13-26)17-29(24)33(38)42-22-28(36)18-35-34(2,3)23-43-32(37)27-14-15-39-21-27/h4-13,16-17,27-28,36H,14-15,18-23H2,1-3H3. The summed E-state index contributed by atoms with van der Waals surface area (Å²) < 4.78 is 28.3. The van der Waals surface area contributed by atoms with Crippen LogP contribution in [-0.4, -0.2) is 65.3 Å². The minimum absolute atomic E-state index is 0.129. The fraction of sp³-hybridized carbons (Fsp3) is 0.412. The van der Waals surface area contributed by atoms with E-state index in [0.29, 0.717) is 67.3 Å². The molecule has 1 N–H and O–H groups in total. The summed E-state index contributed by atoms with van der Waals surface area (Å²) in [7, 11) is 0. The van der Waals surface area contributed by atoms with Crippen molar-refractivity contribution >= 4 is 27.7 Å². The van der Waals surface area contributed by atoms with Gasteiger partial charge in [-0.25, -0.2) is 0 Å². The molecule has 229 valence electrons. The number of benzene rings is 3. The molecule has 1 aliphatic heterocycles. The van der Waals surface area contributed by atoms with Gasteiger partial charge in [-0.1, -0.05) is 48.5 Å². The van der Waals surface area contributed by atoms with Crippen molar-refractivity contribution < 1.29 is 38.4 Å². The maximum atomic E-state index is 13.1. The second-order valence-corrected chi connectivity index (χ2v) is 15.2. The van der Waals surface area contributed by atoms with Gasteiger partial charge in [-0.15, -0.1) is 0 Å². The zero-order valence-electron chi connectivity index (χ0n) is 25.0. The van der Waals surface area contributed by atoms with E-state index in [4.69, 9.17) is 23.7 Å². The molecule has 2 unspecified atom stereocenters. The molecule has 0 aliphatic carbocycles. The Labute approximate surface area is 260 Å². The van der Waals surface area contributed by atoms with Crippen molar-refractivity contribution in [2.75, 3.05) is 26.4 Å². The fourth-order valence-corrected chi connectivity index (χ4v) is 6.39. The van der Waals surface area contributed by atoms with Crippen LogP contribution in [0.1, 0.15) is 47.3 Å². The van der Waals surface area contributed by atoms with Gasteiger partial charge in [0, 0.05) is 0 Å². The molecule has 43 heavy (non-hydrogen) atoms. The van der Waals surface area contributed by atoms with Crippen LogP contribution in [0.4, 0.5) is 0 Å². The molecule has 9 heteroatoms. The molecule has 1 aliphatic rings. The van der Waals surface area contributed by atoms with Crippen LogP contribution >= 0.6 is 0 Å². The van der Waals surface area contributed by atoms with E-state index < -0.39 is 12.1 Å². The second kappa shape index (κ2) is 15.9. The third-order valence-electron chi connectivity index (χ3n) is 6.95. The Kier molecular flexibility index (Phi) is 12.1. The summed E-state index contributed by atoms with van der Waals surface area (Å²) in [5.41, 5.74) is 3.02. The molecule has 0 spiro atoms. The summed E-state index contributed by atoms with van der Waals surface area (Å²) in [5.74, 6) is 0.0121. The summed E-state index contributed by atoms with van der Waals surface area (Å²) in [4.78, 5) is 25.3. The zero-order valence-corrected chi connectivity index (χ0v) is 26.9. The number of rotatable bonds is 15. The Morgan fingerprint density at radius 2 is 1.56 bits per heavy atom. The first-order valence-electron chi connectivity index (χ1n) is 14.5.